The van der Waals surface area contributed by atoms with Gasteiger partial charge in [-0.25, -0.2) is 8.78 Å². The highest BCUT2D eigenvalue weighted by atomic mass is 19.3. The first-order chi connectivity index (χ1) is 39.3. The van der Waals surface area contributed by atoms with Gasteiger partial charge in [0.05, 0.1) is 0 Å². The van der Waals surface area contributed by atoms with Crippen molar-refractivity contribution in [1.29, 1.82) is 0 Å². The zero-order valence-corrected chi connectivity index (χ0v) is 76.5. The third-order valence-corrected chi connectivity index (χ3v) is 16.8. The number of alkyl halides is 2. The van der Waals surface area contributed by atoms with Gasteiger partial charge in [-0.05, 0) is 187 Å². The van der Waals surface area contributed by atoms with E-state index in [9.17, 15) is 8.78 Å². The van der Waals surface area contributed by atoms with Gasteiger partial charge in [0, 0.05) is 12.8 Å². The van der Waals surface area contributed by atoms with Gasteiger partial charge >= 0.3 is 0 Å². The maximum Gasteiger partial charge on any atom is 0.249 e. The smallest absolute Gasteiger partial charge is 0.207 e. The van der Waals surface area contributed by atoms with Crippen LogP contribution in [0.1, 0.15) is 476 Å². The molecule has 0 aliphatic rings. The van der Waals surface area contributed by atoms with Crippen molar-refractivity contribution in [3.05, 3.63) is 0 Å². The van der Waals surface area contributed by atoms with E-state index in [1.807, 2.05) is 41.5 Å². The minimum absolute atomic E-state index is 0.0305. The summed E-state index contributed by atoms with van der Waals surface area (Å²) in [6.45, 7) is 120. The molecule has 93 heavy (non-hydrogen) atoms. The fraction of sp³-hybridized carbons (Fsp3) is 1.00. The molecule has 2 heteroatoms. The number of rotatable bonds is 14. The third kappa shape index (κ3) is 111. The molecule has 0 aromatic carbocycles. The highest BCUT2D eigenvalue weighted by molar-refractivity contribution is 4.83. The lowest BCUT2D eigenvalue weighted by Gasteiger charge is -2.37. The van der Waals surface area contributed by atoms with Crippen molar-refractivity contribution >= 4 is 0 Å². The summed E-state index contributed by atoms with van der Waals surface area (Å²) in [5.41, 5.74) is 6.75. The summed E-state index contributed by atoms with van der Waals surface area (Å²) in [5.74, 6) is -0.0852. The van der Waals surface area contributed by atoms with E-state index in [-0.39, 0.29) is 23.7 Å². The van der Waals surface area contributed by atoms with Crippen molar-refractivity contribution in [2.45, 2.75) is 482 Å². The first-order valence-corrected chi connectivity index (χ1v) is 38.7. The van der Waals surface area contributed by atoms with Crippen LogP contribution in [0, 0.1) is 110 Å². The van der Waals surface area contributed by atoms with Crippen LogP contribution < -0.4 is 0 Å². The van der Waals surface area contributed by atoms with E-state index >= 15 is 0 Å². The van der Waals surface area contributed by atoms with Gasteiger partial charge in [-0.3, -0.25) is 0 Å². The van der Waals surface area contributed by atoms with Gasteiger partial charge in [0.25, 0.3) is 0 Å². The minimum atomic E-state index is -2.53. The van der Waals surface area contributed by atoms with Crippen LogP contribution in [0.3, 0.4) is 0 Å². The van der Waals surface area contributed by atoms with Gasteiger partial charge in [-0.15, -0.1) is 0 Å². The van der Waals surface area contributed by atoms with Crippen LogP contribution in [0.25, 0.3) is 0 Å². The lowest BCUT2D eigenvalue weighted by Crippen LogP contribution is -2.29. The normalized spacial score (nSPS) is 15.0. The highest BCUT2D eigenvalue weighted by Gasteiger charge is 2.38. The quantitative estimate of drug-likeness (QED) is 0.152. The van der Waals surface area contributed by atoms with E-state index in [0.717, 1.165) is 17.8 Å². The summed E-state index contributed by atoms with van der Waals surface area (Å²) < 4.78 is 26.8. The van der Waals surface area contributed by atoms with Crippen LogP contribution >= 0.6 is 0 Å². The molecule has 0 aromatic heterocycles. The molecule has 3 atom stereocenters. The molecule has 0 amide bonds. The summed E-state index contributed by atoms with van der Waals surface area (Å²) in [4.78, 5) is 0. The molecule has 0 radical (unpaired) electrons. The molecular formula is C91H196F2. The predicted octanol–water partition coefficient (Wildman–Crippen LogP) is 34.8. The molecule has 0 aliphatic carbocycles. The van der Waals surface area contributed by atoms with Crippen LogP contribution in [0.5, 0.6) is 0 Å². The molecule has 0 fully saturated rings. The Bertz CT molecular complexity index is 1600. The highest BCUT2D eigenvalue weighted by Crippen LogP contribution is 2.43. The van der Waals surface area contributed by atoms with E-state index in [2.05, 4.69) is 325 Å². The number of halogens is 2. The maximum absolute atomic E-state index is 13.4. The first kappa shape index (κ1) is 109. The van der Waals surface area contributed by atoms with Crippen molar-refractivity contribution < 1.29 is 8.78 Å². The van der Waals surface area contributed by atoms with Crippen molar-refractivity contribution in [2.75, 3.05) is 0 Å². The fourth-order valence-electron chi connectivity index (χ4n) is 11.3. The number of hydrogen-bond donors (Lipinski definition) is 0. The Morgan fingerprint density at radius 2 is 0.376 bits per heavy atom. The lowest BCUT2D eigenvalue weighted by atomic mass is 9.69. The molecule has 0 aliphatic heterocycles. The van der Waals surface area contributed by atoms with Crippen molar-refractivity contribution in [1.82, 2.24) is 0 Å². The second kappa shape index (κ2) is 42.3. The first-order valence-electron chi connectivity index (χ1n) is 38.7. The van der Waals surface area contributed by atoms with E-state index in [0.29, 0.717) is 81.2 Å². The SMILES string of the molecule is CC(C)(C)CC(C)(C)CC(C)(C)C.CC(C)(C)CC(F)(F)CC(C)(C)C.CC(C)(C)CCC(C)(C)C.CC(C)(C)CCCC(C)(C)C.CC(C)(C)CCCCC(C)(C)C.CC(CC(C)(C)C)C(C)(C)C.CC(CC(C)(C)C)C(C)(C)C.CC(CCC(C)(C)C)C(C)(C)C. The summed E-state index contributed by atoms with van der Waals surface area (Å²) in [6.07, 6.45) is 20.1. The van der Waals surface area contributed by atoms with Crippen molar-refractivity contribution in [2.24, 2.45) is 110 Å². The topological polar surface area (TPSA) is 0 Å². The van der Waals surface area contributed by atoms with E-state index < -0.39 is 5.92 Å². The van der Waals surface area contributed by atoms with E-state index in [1.165, 1.54) is 96.3 Å². The average molecular weight is 1330 g/mol. The monoisotopic (exact) mass is 1330 g/mol. The Morgan fingerprint density at radius 1 is 0.194 bits per heavy atom. The second-order valence-corrected chi connectivity index (χ2v) is 50.3. The standard InChI is InChI=1S/C13H28.2C12H26.C11H22F2.3C11H24.C10H22/c1-11(2,3)9-13(7,8)10-12(4,5)6;1-10(12(5,6)7)8-9-11(2,3)4;1-11(2,3)9-7-8-10-12(4,5)6;1-9(2,3)7-11(12,13)8-10(4,5)6;2*1-9(11(5,6)7)8-10(2,3)4;1-10(2,3)8-7-9-11(4,5)6;1-9(2,3)7-8-10(4,5)6/h9-10H2,1-8H3;10H,8-9H2,1-7H3;7-10H2,1-6H3;7-8H2,1-6H3;2*9H,8H2,1-7H3;7-9H2,1-6H3;7-8H2,1-6H3. The Labute approximate surface area is 597 Å². The molecule has 0 heterocycles. The summed E-state index contributed by atoms with van der Waals surface area (Å²) in [6, 6.07) is 0. The average Bonchev–Trinajstić information content (AvgIpc) is 3.14. The van der Waals surface area contributed by atoms with Crippen molar-refractivity contribution in [3.8, 4) is 0 Å². The van der Waals surface area contributed by atoms with Gasteiger partial charge in [0.2, 0.25) is 5.92 Å². The molecule has 0 nitrogen and oxygen atoms in total. The third-order valence-electron chi connectivity index (χ3n) is 16.8. The summed E-state index contributed by atoms with van der Waals surface area (Å²) in [7, 11) is 0. The van der Waals surface area contributed by atoms with E-state index in [4.69, 9.17) is 0 Å². The van der Waals surface area contributed by atoms with Crippen LogP contribution in [-0.2, 0) is 0 Å². The predicted molar refractivity (Wildman–Crippen MR) is 436 cm³/mol. The van der Waals surface area contributed by atoms with Crippen LogP contribution in [0.4, 0.5) is 8.78 Å². The van der Waals surface area contributed by atoms with Gasteiger partial charge in [-0.1, -0.05) is 386 Å². The number of hydrogen-bond acceptors (Lipinski definition) is 0. The van der Waals surface area contributed by atoms with Crippen LogP contribution in [-0.4, -0.2) is 5.92 Å². The van der Waals surface area contributed by atoms with Gasteiger partial charge in [0.15, 0.2) is 0 Å². The zero-order chi connectivity index (χ0) is 77.8. The Kier molecular flexibility index (Phi) is 49.5. The molecule has 3 unspecified atom stereocenters. The zero-order valence-electron chi connectivity index (χ0n) is 76.5. The van der Waals surface area contributed by atoms with Gasteiger partial charge in [-0.2, -0.15) is 0 Å². The maximum atomic E-state index is 13.4. The van der Waals surface area contributed by atoms with E-state index in [1.54, 1.807) is 0 Å². The lowest BCUT2D eigenvalue weighted by molar-refractivity contribution is -0.0658. The minimum Gasteiger partial charge on any atom is -0.207 e. The molecule has 0 spiro atoms. The molecule has 0 aromatic rings. The summed E-state index contributed by atoms with van der Waals surface area (Å²) in [5, 5.41) is 0. The Balaban J connectivity index is -0.000000148. The summed E-state index contributed by atoms with van der Waals surface area (Å²) >= 11 is 0. The molecule has 0 saturated carbocycles. The molecule has 0 bridgehead atoms. The van der Waals surface area contributed by atoms with Gasteiger partial charge < -0.3 is 0 Å². The Hall–Kier alpha value is -0.140. The van der Waals surface area contributed by atoms with Crippen LogP contribution in [0.15, 0.2) is 0 Å². The Morgan fingerprint density at radius 3 is 0.516 bits per heavy atom. The van der Waals surface area contributed by atoms with Gasteiger partial charge in [0.1, 0.15) is 0 Å². The number of unbranched alkanes of at least 4 members (excludes halogenated alkanes) is 1. The van der Waals surface area contributed by atoms with Crippen LogP contribution in [0.2, 0.25) is 0 Å². The molecule has 574 valence electrons. The largest absolute Gasteiger partial charge is 0.249 e. The molecule has 0 N–H and O–H groups in total. The molecular weight excluding hydrogens is 1130 g/mol. The molecule has 0 rings (SSSR count). The molecule has 0 saturated heterocycles. The second-order valence-electron chi connectivity index (χ2n) is 50.3. The fourth-order valence-corrected chi connectivity index (χ4v) is 11.3. The van der Waals surface area contributed by atoms with Crippen molar-refractivity contribution in [3.63, 3.8) is 0 Å².